The molecule has 94 valence electrons. The van der Waals surface area contributed by atoms with Crippen LogP contribution in [0.25, 0.3) is 0 Å². The van der Waals surface area contributed by atoms with Crippen molar-refractivity contribution < 1.29 is 14.6 Å². The molecule has 0 heterocycles. The molecule has 0 saturated heterocycles. The Morgan fingerprint density at radius 3 is 2.47 bits per heavy atom. The van der Waals surface area contributed by atoms with Crippen LogP contribution in [0.4, 0.5) is 4.39 Å². The second kappa shape index (κ2) is 4.75. The van der Waals surface area contributed by atoms with Crippen molar-refractivity contribution in [1.82, 2.24) is 0 Å². The van der Waals surface area contributed by atoms with Crippen molar-refractivity contribution in [3.63, 3.8) is 0 Å². The summed E-state index contributed by atoms with van der Waals surface area (Å²) < 4.78 is 13.2. The number of aliphatic hydroxyl groups is 2. The van der Waals surface area contributed by atoms with Crippen LogP contribution in [-0.4, -0.2) is 15.8 Å². The van der Waals surface area contributed by atoms with Gasteiger partial charge in [-0.15, -0.1) is 0 Å². The molecule has 1 aromatic rings. The Bertz CT molecular complexity index is 397. The minimum atomic E-state index is -1.04. The van der Waals surface area contributed by atoms with Crippen molar-refractivity contribution in [1.29, 1.82) is 0 Å². The molecular formula is C14H19FO2. The Morgan fingerprint density at radius 1 is 1.24 bits per heavy atom. The fraction of sp³-hybridized carbons (Fsp3) is 0.571. The molecule has 1 aromatic carbocycles. The molecule has 1 aliphatic carbocycles. The number of hydrogen-bond donors (Lipinski definition) is 2. The molecule has 0 bridgehead atoms. The molecule has 1 unspecified atom stereocenters. The van der Waals surface area contributed by atoms with Gasteiger partial charge in [0.05, 0.1) is 5.60 Å². The van der Waals surface area contributed by atoms with Crippen LogP contribution in [0.15, 0.2) is 18.2 Å². The molecule has 1 atom stereocenters. The molecule has 2 N–H and O–H groups in total. The van der Waals surface area contributed by atoms with Crippen LogP contribution >= 0.6 is 0 Å². The van der Waals surface area contributed by atoms with E-state index in [1.807, 2.05) is 0 Å². The van der Waals surface area contributed by atoms with Crippen LogP contribution in [-0.2, 0) is 0 Å². The van der Waals surface area contributed by atoms with Gasteiger partial charge in [-0.1, -0.05) is 31.4 Å². The average molecular weight is 238 g/mol. The van der Waals surface area contributed by atoms with Crippen LogP contribution in [0.5, 0.6) is 0 Å². The average Bonchev–Trinajstić information content (AvgIpc) is 2.33. The topological polar surface area (TPSA) is 40.5 Å². The van der Waals surface area contributed by atoms with E-state index in [2.05, 4.69) is 0 Å². The Hall–Kier alpha value is -0.930. The van der Waals surface area contributed by atoms with Gasteiger partial charge in [0.25, 0.3) is 0 Å². The standard InChI is InChI=1S/C14H19FO2/c1-10-9-11(5-6-12(10)15)13(16)14(17)7-3-2-4-8-14/h5-6,9,13,16-17H,2-4,7-8H2,1H3. The zero-order chi connectivity index (χ0) is 12.5. The van der Waals surface area contributed by atoms with E-state index in [9.17, 15) is 14.6 Å². The molecule has 0 amide bonds. The zero-order valence-corrected chi connectivity index (χ0v) is 10.1. The molecule has 0 spiro atoms. The monoisotopic (exact) mass is 238 g/mol. The van der Waals surface area contributed by atoms with Crippen LogP contribution in [0, 0.1) is 12.7 Å². The van der Waals surface area contributed by atoms with E-state index < -0.39 is 11.7 Å². The lowest BCUT2D eigenvalue weighted by molar-refractivity contribution is -0.0992. The zero-order valence-electron chi connectivity index (χ0n) is 10.1. The maximum Gasteiger partial charge on any atom is 0.126 e. The maximum absolute atomic E-state index is 13.2. The highest BCUT2D eigenvalue weighted by molar-refractivity contribution is 5.27. The van der Waals surface area contributed by atoms with Gasteiger partial charge < -0.3 is 10.2 Å². The largest absolute Gasteiger partial charge is 0.387 e. The van der Waals surface area contributed by atoms with E-state index in [0.717, 1.165) is 19.3 Å². The van der Waals surface area contributed by atoms with Crippen molar-refractivity contribution in [3.8, 4) is 0 Å². The van der Waals surface area contributed by atoms with Gasteiger partial charge in [0.15, 0.2) is 0 Å². The van der Waals surface area contributed by atoms with Gasteiger partial charge in [0.2, 0.25) is 0 Å². The lowest BCUT2D eigenvalue weighted by atomic mass is 9.78. The molecule has 3 heteroatoms. The quantitative estimate of drug-likeness (QED) is 0.831. The molecule has 0 aliphatic heterocycles. The van der Waals surface area contributed by atoms with Gasteiger partial charge in [0, 0.05) is 0 Å². The first-order chi connectivity index (χ1) is 8.03. The van der Waals surface area contributed by atoms with Gasteiger partial charge in [0.1, 0.15) is 11.9 Å². The van der Waals surface area contributed by atoms with E-state index in [-0.39, 0.29) is 5.82 Å². The minimum absolute atomic E-state index is 0.281. The number of halogens is 1. The van der Waals surface area contributed by atoms with Gasteiger partial charge in [-0.3, -0.25) is 0 Å². The first kappa shape index (κ1) is 12.5. The van der Waals surface area contributed by atoms with Crippen LogP contribution in [0.2, 0.25) is 0 Å². The first-order valence-electron chi connectivity index (χ1n) is 6.19. The second-order valence-corrected chi connectivity index (χ2v) is 5.08. The highest BCUT2D eigenvalue weighted by Gasteiger charge is 2.37. The third-order valence-electron chi connectivity index (χ3n) is 3.73. The predicted molar refractivity (Wildman–Crippen MR) is 64.1 cm³/mol. The van der Waals surface area contributed by atoms with Gasteiger partial charge >= 0.3 is 0 Å². The number of aryl methyl sites for hydroxylation is 1. The van der Waals surface area contributed by atoms with E-state index in [4.69, 9.17) is 0 Å². The van der Waals surface area contributed by atoms with Crippen LogP contribution in [0.3, 0.4) is 0 Å². The summed E-state index contributed by atoms with van der Waals surface area (Å²) in [6, 6.07) is 4.52. The van der Waals surface area contributed by atoms with Crippen LogP contribution < -0.4 is 0 Å². The van der Waals surface area contributed by atoms with Crippen LogP contribution in [0.1, 0.15) is 49.3 Å². The molecule has 1 saturated carbocycles. The van der Waals surface area contributed by atoms with Gasteiger partial charge in [-0.05, 0) is 37.0 Å². The Morgan fingerprint density at radius 2 is 1.88 bits per heavy atom. The first-order valence-corrected chi connectivity index (χ1v) is 6.19. The molecule has 17 heavy (non-hydrogen) atoms. The SMILES string of the molecule is Cc1cc(C(O)C2(O)CCCCC2)ccc1F. The van der Waals surface area contributed by atoms with E-state index in [1.165, 1.54) is 6.07 Å². The summed E-state index contributed by atoms with van der Waals surface area (Å²) in [7, 11) is 0. The third kappa shape index (κ3) is 2.50. The summed E-state index contributed by atoms with van der Waals surface area (Å²) in [5.41, 5.74) is 0.0666. The second-order valence-electron chi connectivity index (χ2n) is 5.08. The Kier molecular flexibility index (Phi) is 3.50. The maximum atomic E-state index is 13.2. The molecule has 2 rings (SSSR count). The number of benzene rings is 1. The minimum Gasteiger partial charge on any atom is -0.387 e. The third-order valence-corrected chi connectivity index (χ3v) is 3.73. The summed E-state index contributed by atoms with van der Waals surface area (Å²) >= 11 is 0. The van der Waals surface area contributed by atoms with Gasteiger partial charge in [-0.25, -0.2) is 4.39 Å². The fourth-order valence-electron chi connectivity index (χ4n) is 2.59. The molecule has 1 aliphatic rings. The fourth-order valence-corrected chi connectivity index (χ4v) is 2.59. The van der Waals surface area contributed by atoms with Crippen molar-refractivity contribution in [3.05, 3.63) is 35.1 Å². The number of hydrogen-bond acceptors (Lipinski definition) is 2. The summed E-state index contributed by atoms with van der Waals surface area (Å²) in [6.45, 7) is 1.66. The summed E-state index contributed by atoms with van der Waals surface area (Å²) in [6.07, 6.45) is 3.30. The van der Waals surface area contributed by atoms with Crippen molar-refractivity contribution >= 4 is 0 Å². The van der Waals surface area contributed by atoms with Crippen molar-refractivity contribution in [2.24, 2.45) is 0 Å². The summed E-state index contributed by atoms with van der Waals surface area (Å²) in [5.74, 6) is -0.281. The molecular weight excluding hydrogens is 219 g/mol. The smallest absolute Gasteiger partial charge is 0.126 e. The Balaban J connectivity index is 2.23. The predicted octanol–water partition coefficient (Wildman–Crippen LogP) is 2.86. The molecule has 0 aromatic heterocycles. The molecule has 2 nitrogen and oxygen atoms in total. The van der Waals surface area contributed by atoms with Crippen molar-refractivity contribution in [2.75, 3.05) is 0 Å². The van der Waals surface area contributed by atoms with Crippen molar-refractivity contribution in [2.45, 2.75) is 50.7 Å². The number of rotatable bonds is 2. The number of aliphatic hydroxyl groups excluding tert-OH is 1. The summed E-state index contributed by atoms with van der Waals surface area (Å²) in [5, 5.41) is 20.7. The lowest BCUT2D eigenvalue weighted by Crippen LogP contribution is -2.38. The molecule has 1 fully saturated rings. The van der Waals surface area contributed by atoms with E-state index >= 15 is 0 Å². The lowest BCUT2D eigenvalue weighted by Gasteiger charge is -2.36. The highest BCUT2D eigenvalue weighted by atomic mass is 19.1. The normalized spacial score (nSPS) is 21.2. The molecule has 0 radical (unpaired) electrons. The van der Waals surface area contributed by atoms with E-state index in [1.54, 1.807) is 19.1 Å². The summed E-state index contributed by atoms with van der Waals surface area (Å²) in [4.78, 5) is 0. The van der Waals surface area contributed by atoms with Gasteiger partial charge in [-0.2, -0.15) is 0 Å². The van der Waals surface area contributed by atoms with E-state index in [0.29, 0.717) is 24.0 Å². The highest BCUT2D eigenvalue weighted by Crippen LogP contribution is 2.38. The Labute approximate surface area is 101 Å².